The van der Waals surface area contributed by atoms with Crippen molar-refractivity contribution in [2.24, 2.45) is 0 Å². The molecule has 0 bridgehead atoms. The van der Waals surface area contributed by atoms with Crippen LogP contribution in [0.5, 0.6) is 0 Å². The van der Waals surface area contributed by atoms with Crippen molar-refractivity contribution in [1.82, 2.24) is 0 Å². The minimum absolute atomic E-state index is 0.0230. The van der Waals surface area contributed by atoms with Crippen LogP contribution < -0.4 is 0 Å². The molecule has 0 saturated carbocycles. The van der Waals surface area contributed by atoms with E-state index in [1.165, 1.54) is 5.56 Å². The standard InChI is InChI=1S/C17H20O2/c1-14(16-11-7-4-8-12-16)19-17(18-2)13-15-9-5-3-6-10-15/h3-12,14,17H,13H2,1-2H3. The van der Waals surface area contributed by atoms with Gasteiger partial charge in [-0.05, 0) is 18.1 Å². The van der Waals surface area contributed by atoms with Gasteiger partial charge in [-0.2, -0.15) is 0 Å². The van der Waals surface area contributed by atoms with Crippen LogP contribution in [-0.2, 0) is 15.9 Å². The van der Waals surface area contributed by atoms with E-state index in [0.29, 0.717) is 0 Å². The van der Waals surface area contributed by atoms with Gasteiger partial charge in [0.1, 0.15) is 0 Å². The van der Waals surface area contributed by atoms with Crippen molar-refractivity contribution >= 4 is 0 Å². The lowest BCUT2D eigenvalue weighted by molar-refractivity contribution is -0.151. The minimum atomic E-state index is -0.224. The number of hydrogen-bond acceptors (Lipinski definition) is 2. The largest absolute Gasteiger partial charge is 0.356 e. The molecule has 0 amide bonds. The summed E-state index contributed by atoms with van der Waals surface area (Å²) in [4.78, 5) is 0. The van der Waals surface area contributed by atoms with Crippen molar-refractivity contribution < 1.29 is 9.47 Å². The van der Waals surface area contributed by atoms with Gasteiger partial charge in [0, 0.05) is 13.5 Å². The maximum Gasteiger partial charge on any atom is 0.162 e. The maximum absolute atomic E-state index is 5.97. The summed E-state index contributed by atoms with van der Waals surface area (Å²) in [5, 5.41) is 0. The molecule has 2 unspecified atom stereocenters. The molecule has 2 rings (SSSR count). The van der Waals surface area contributed by atoms with E-state index in [1.54, 1.807) is 7.11 Å². The van der Waals surface area contributed by atoms with E-state index >= 15 is 0 Å². The minimum Gasteiger partial charge on any atom is -0.356 e. The first-order valence-corrected chi connectivity index (χ1v) is 6.56. The molecule has 2 aromatic carbocycles. The first-order valence-electron chi connectivity index (χ1n) is 6.56. The summed E-state index contributed by atoms with van der Waals surface area (Å²) in [6, 6.07) is 20.4. The predicted molar refractivity (Wildman–Crippen MR) is 76.9 cm³/mol. The molecule has 0 N–H and O–H groups in total. The van der Waals surface area contributed by atoms with Gasteiger partial charge in [-0.15, -0.1) is 0 Å². The predicted octanol–water partition coefficient (Wildman–Crippen LogP) is 3.98. The van der Waals surface area contributed by atoms with Crippen LogP contribution in [0.1, 0.15) is 24.2 Å². The summed E-state index contributed by atoms with van der Waals surface area (Å²) < 4.78 is 11.4. The van der Waals surface area contributed by atoms with Crippen LogP contribution >= 0.6 is 0 Å². The van der Waals surface area contributed by atoms with E-state index in [9.17, 15) is 0 Å². The fourth-order valence-electron chi connectivity index (χ4n) is 2.02. The molecular weight excluding hydrogens is 236 g/mol. The average molecular weight is 256 g/mol. The highest BCUT2D eigenvalue weighted by atomic mass is 16.7. The molecule has 0 aliphatic rings. The molecule has 100 valence electrons. The summed E-state index contributed by atoms with van der Waals surface area (Å²) in [5.74, 6) is 0. The Morgan fingerprint density at radius 2 is 1.47 bits per heavy atom. The Hall–Kier alpha value is -1.64. The Kier molecular flexibility index (Phi) is 5.13. The van der Waals surface area contributed by atoms with Crippen LogP contribution in [0.25, 0.3) is 0 Å². The lowest BCUT2D eigenvalue weighted by Crippen LogP contribution is -2.20. The highest BCUT2D eigenvalue weighted by Crippen LogP contribution is 2.20. The van der Waals surface area contributed by atoms with E-state index in [0.717, 1.165) is 12.0 Å². The zero-order chi connectivity index (χ0) is 13.5. The van der Waals surface area contributed by atoms with Gasteiger partial charge in [0.2, 0.25) is 0 Å². The first-order chi connectivity index (χ1) is 9.29. The molecule has 2 nitrogen and oxygen atoms in total. The lowest BCUT2D eigenvalue weighted by Gasteiger charge is -2.21. The normalized spacial score (nSPS) is 14.0. The van der Waals surface area contributed by atoms with Crippen LogP contribution in [0.15, 0.2) is 60.7 Å². The van der Waals surface area contributed by atoms with Gasteiger partial charge in [0.15, 0.2) is 6.29 Å². The van der Waals surface area contributed by atoms with E-state index in [4.69, 9.17) is 9.47 Å². The number of methoxy groups -OCH3 is 1. The summed E-state index contributed by atoms with van der Waals surface area (Å²) >= 11 is 0. The number of benzene rings is 2. The van der Waals surface area contributed by atoms with Gasteiger partial charge in [-0.3, -0.25) is 0 Å². The zero-order valence-corrected chi connectivity index (χ0v) is 11.5. The Morgan fingerprint density at radius 3 is 2.05 bits per heavy atom. The van der Waals surface area contributed by atoms with Crippen LogP contribution in [0, 0.1) is 0 Å². The van der Waals surface area contributed by atoms with Crippen LogP contribution in [0.4, 0.5) is 0 Å². The molecule has 0 aliphatic heterocycles. The number of hydrogen-bond donors (Lipinski definition) is 0. The maximum atomic E-state index is 5.97. The monoisotopic (exact) mass is 256 g/mol. The smallest absolute Gasteiger partial charge is 0.162 e. The van der Waals surface area contributed by atoms with Crippen molar-refractivity contribution in [3.63, 3.8) is 0 Å². The van der Waals surface area contributed by atoms with Crippen LogP contribution in [-0.4, -0.2) is 13.4 Å². The van der Waals surface area contributed by atoms with Gasteiger partial charge in [0.25, 0.3) is 0 Å². The molecule has 2 atom stereocenters. The zero-order valence-electron chi connectivity index (χ0n) is 11.5. The van der Waals surface area contributed by atoms with Crippen molar-refractivity contribution in [3.05, 3.63) is 71.8 Å². The Bertz CT molecular complexity index is 467. The topological polar surface area (TPSA) is 18.5 Å². The fourth-order valence-corrected chi connectivity index (χ4v) is 2.02. The van der Waals surface area contributed by atoms with Crippen LogP contribution in [0.2, 0.25) is 0 Å². The first kappa shape index (κ1) is 13.8. The van der Waals surface area contributed by atoms with Gasteiger partial charge in [0.05, 0.1) is 6.10 Å². The second-order valence-electron chi connectivity index (χ2n) is 4.54. The van der Waals surface area contributed by atoms with Crippen molar-refractivity contribution in [2.45, 2.75) is 25.7 Å². The summed E-state index contributed by atoms with van der Waals surface area (Å²) in [6.45, 7) is 2.05. The third-order valence-electron chi connectivity index (χ3n) is 3.13. The van der Waals surface area contributed by atoms with E-state index in [1.807, 2.05) is 43.3 Å². The number of rotatable bonds is 6. The summed E-state index contributed by atoms with van der Waals surface area (Å²) in [5.41, 5.74) is 2.38. The molecule has 0 heterocycles. The highest BCUT2D eigenvalue weighted by molar-refractivity contribution is 5.17. The molecule has 0 saturated heterocycles. The second-order valence-corrected chi connectivity index (χ2v) is 4.54. The Labute approximate surface area is 115 Å². The molecule has 0 aliphatic carbocycles. The quantitative estimate of drug-likeness (QED) is 0.728. The van der Waals surface area contributed by atoms with Crippen molar-refractivity contribution in [3.8, 4) is 0 Å². The third kappa shape index (κ3) is 4.19. The van der Waals surface area contributed by atoms with Crippen molar-refractivity contribution in [2.75, 3.05) is 7.11 Å². The van der Waals surface area contributed by atoms with E-state index < -0.39 is 0 Å². The van der Waals surface area contributed by atoms with Crippen LogP contribution in [0.3, 0.4) is 0 Å². The lowest BCUT2D eigenvalue weighted by atomic mass is 10.1. The summed E-state index contributed by atoms with van der Waals surface area (Å²) in [7, 11) is 1.69. The number of ether oxygens (including phenoxy) is 2. The summed E-state index contributed by atoms with van der Waals surface area (Å²) in [6.07, 6.45) is 0.557. The van der Waals surface area contributed by atoms with E-state index in [-0.39, 0.29) is 12.4 Å². The van der Waals surface area contributed by atoms with Gasteiger partial charge < -0.3 is 9.47 Å². The fraction of sp³-hybridized carbons (Fsp3) is 0.294. The third-order valence-corrected chi connectivity index (χ3v) is 3.13. The molecule has 0 fully saturated rings. The molecular formula is C17H20O2. The van der Waals surface area contributed by atoms with Crippen molar-refractivity contribution in [1.29, 1.82) is 0 Å². The SMILES string of the molecule is COC(Cc1ccccc1)OC(C)c1ccccc1. The molecule has 0 spiro atoms. The molecule has 19 heavy (non-hydrogen) atoms. The molecule has 0 aromatic heterocycles. The van der Waals surface area contributed by atoms with Gasteiger partial charge >= 0.3 is 0 Å². The Balaban J connectivity index is 1.96. The average Bonchev–Trinajstić information content (AvgIpc) is 2.48. The second kappa shape index (κ2) is 7.07. The van der Waals surface area contributed by atoms with E-state index in [2.05, 4.69) is 24.3 Å². The highest BCUT2D eigenvalue weighted by Gasteiger charge is 2.14. The molecule has 2 aromatic rings. The van der Waals surface area contributed by atoms with Gasteiger partial charge in [-0.1, -0.05) is 60.7 Å². The molecule has 2 heteroatoms. The Morgan fingerprint density at radius 1 is 0.895 bits per heavy atom. The van der Waals surface area contributed by atoms with Gasteiger partial charge in [-0.25, -0.2) is 0 Å². The molecule has 0 radical (unpaired) electrons.